The Bertz CT molecular complexity index is 967. The standard InChI is InChI=1S/C20H18ClFN4S/c1-25-13-23-18-12-26(17-8-4-15(21)5-9-17)20(24-19(18)25)27-11-10-14-2-6-16(22)7-3-14/h2-9,13H,10-12H2,1H3. The monoisotopic (exact) mass is 400 g/mol. The molecule has 0 spiro atoms. The topological polar surface area (TPSA) is 33.4 Å². The van der Waals surface area contributed by atoms with Crippen molar-refractivity contribution in [2.24, 2.45) is 12.0 Å². The van der Waals surface area contributed by atoms with Crippen LogP contribution in [0.2, 0.25) is 5.02 Å². The minimum atomic E-state index is -0.208. The Labute approximate surface area is 166 Å². The summed E-state index contributed by atoms with van der Waals surface area (Å²) in [7, 11) is 1.95. The maximum absolute atomic E-state index is 13.1. The molecule has 0 radical (unpaired) electrons. The third-order valence-electron chi connectivity index (χ3n) is 4.39. The van der Waals surface area contributed by atoms with E-state index in [1.807, 2.05) is 48.0 Å². The van der Waals surface area contributed by atoms with Crippen molar-refractivity contribution in [1.29, 1.82) is 0 Å². The highest BCUT2D eigenvalue weighted by Gasteiger charge is 2.24. The summed E-state index contributed by atoms with van der Waals surface area (Å²) >= 11 is 7.72. The number of benzene rings is 2. The molecule has 4 rings (SSSR count). The molecular weight excluding hydrogens is 383 g/mol. The number of nitrogens with zero attached hydrogens (tertiary/aromatic N) is 4. The van der Waals surface area contributed by atoms with E-state index in [0.717, 1.165) is 40.1 Å². The molecule has 138 valence electrons. The predicted octanol–water partition coefficient (Wildman–Crippen LogP) is 5.20. The number of amidine groups is 1. The van der Waals surface area contributed by atoms with Crippen LogP contribution in [0.3, 0.4) is 0 Å². The lowest BCUT2D eigenvalue weighted by molar-refractivity contribution is 0.627. The highest BCUT2D eigenvalue weighted by atomic mass is 35.5. The van der Waals surface area contributed by atoms with Gasteiger partial charge in [-0.05, 0) is 48.4 Å². The Morgan fingerprint density at radius 1 is 1.11 bits per heavy atom. The smallest absolute Gasteiger partial charge is 0.170 e. The summed E-state index contributed by atoms with van der Waals surface area (Å²) < 4.78 is 15.0. The van der Waals surface area contributed by atoms with Crippen LogP contribution in [0.1, 0.15) is 11.3 Å². The number of halogens is 2. The van der Waals surface area contributed by atoms with Gasteiger partial charge < -0.3 is 9.47 Å². The maximum atomic E-state index is 13.1. The van der Waals surface area contributed by atoms with E-state index < -0.39 is 0 Å². The van der Waals surface area contributed by atoms with Crippen LogP contribution in [0.25, 0.3) is 0 Å². The lowest BCUT2D eigenvalue weighted by atomic mass is 10.2. The number of thioether (sulfide) groups is 1. The van der Waals surface area contributed by atoms with Gasteiger partial charge in [-0.15, -0.1) is 0 Å². The summed E-state index contributed by atoms with van der Waals surface area (Å²) in [4.78, 5) is 11.5. The van der Waals surface area contributed by atoms with Crippen LogP contribution in [0.4, 0.5) is 15.9 Å². The van der Waals surface area contributed by atoms with Crippen LogP contribution < -0.4 is 4.90 Å². The Hall–Kier alpha value is -2.31. The van der Waals surface area contributed by atoms with Gasteiger partial charge in [-0.3, -0.25) is 0 Å². The van der Waals surface area contributed by atoms with Crippen LogP contribution in [-0.4, -0.2) is 20.5 Å². The number of hydrogen-bond acceptors (Lipinski definition) is 4. The average Bonchev–Trinajstić information content (AvgIpc) is 3.04. The van der Waals surface area contributed by atoms with E-state index in [1.54, 1.807) is 18.1 Å². The van der Waals surface area contributed by atoms with Crippen molar-refractivity contribution in [1.82, 2.24) is 9.55 Å². The first-order valence-electron chi connectivity index (χ1n) is 8.59. The number of imidazole rings is 1. The first-order chi connectivity index (χ1) is 13.1. The van der Waals surface area contributed by atoms with Crippen molar-refractivity contribution in [3.05, 3.63) is 77.0 Å². The van der Waals surface area contributed by atoms with Crippen molar-refractivity contribution < 1.29 is 4.39 Å². The fraction of sp³-hybridized carbons (Fsp3) is 0.200. The van der Waals surface area contributed by atoms with Gasteiger partial charge in [0.25, 0.3) is 0 Å². The Morgan fingerprint density at radius 2 is 1.85 bits per heavy atom. The molecule has 0 aliphatic carbocycles. The molecule has 1 aromatic heterocycles. The van der Waals surface area contributed by atoms with Crippen molar-refractivity contribution in [3.63, 3.8) is 0 Å². The molecule has 2 heterocycles. The van der Waals surface area contributed by atoms with E-state index in [2.05, 4.69) is 9.88 Å². The summed E-state index contributed by atoms with van der Waals surface area (Å²) in [5.74, 6) is 1.53. The number of aryl methyl sites for hydroxylation is 2. The summed E-state index contributed by atoms with van der Waals surface area (Å²) in [6.07, 6.45) is 2.64. The van der Waals surface area contributed by atoms with Crippen molar-refractivity contribution in [3.8, 4) is 0 Å². The number of aromatic nitrogens is 2. The molecule has 0 saturated heterocycles. The molecule has 0 atom stereocenters. The van der Waals surface area contributed by atoms with Crippen LogP contribution in [-0.2, 0) is 20.0 Å². The molecule has 1 aliphatic heterocycles. The van der Waals surface area contributed by atoms with E-state index in [9.17, 15) is 4.39 Å². The molecule has 0 unspecified atom stereocenters. The van der Waals surface area contributed by atoms with Gasteiger partial charge >= 0.3 is 0 Å². The maximum Gasteiger partial charge on any atom is 0.170 e. The van der Waals surface area contributed by atoms with Gasteiger partial charge in [-0.25, -0.2) is 14.4 Å². The van der Waals surface area contributed by atoms with Crippen LogP contribution in [0, 0.1) is 5.82 Å². The van der Waals surface area contributed by atoms with Gasteiger partial charge in [-0.2, -0.15) is 0 Å². The number of aliphatic imine (C=N–C) groups is 1. The van der Waals surface area contributed by atoms with Gasteiger partial charge in [0.15, 0.2) is 11.0 Å². The first-order valence-corrected chi connectivity index (χ1v) is 9.96. The number of fused-ring (bicyclic) bond motifs is 1. The molecule has 27 heavy (non-hydrogen) atoms. The molecule has 0 bridgehead atoms. The number of hydrogen-bond donors (Lipinski definition) is 0. The molecule has 0 N–H and O–H groups in total. The highest BCUT2D eigenvalue weighted by molar-refractivity contribution is 8.14. The molecule has 0 saturated carbocycles. The fourth-order valence-corrected chi connectivity index (χ4v) is 4.06. The minimum Gasteiger partial charge on any atom is -0.319 e. The van der Waals surface area contributed by atoms with Gasteiger partial charge in [0.2, 0.25) is 0 Å². The van der Waals surface area contributed by atoms with E-state index in [0.29, 0.717) is 11.6 Å². The van der Waals surface area contributed by atoms with Crippen molar-refractivity contribution in [2.75, 3.05) is 10.7 Å². The summed E-state index contributed by atoms with van der Waals surface area (Å²) in [6.45, 7) is 0.667. The largest absolute Gasteiger partial charge is 0.319 e. The van der Waals surface area contributed by atoms with Crippen molar-refractivity contribution in [2.45, 2.75) is 13.0 Å². The third kappa shape index (κ3) is 4.01. The molecule has 1 aliphatic rings. The first kappa shape index (κ1) is 18.1. The van der Waals surface area contributed by atoms with E-state index >= 15 is 0 Å². The van der Waals surface area contributed by atoms with Gasteiger partial charge in [0, 0.05) is 23.5 Å². The Morgan fingerprint density at radius 3 is 2.59 bits per heavy atom. The normalized spacial score (nSPS) is 13.4. The van der Waals surface area contributed by atoms with Crippen molar-refractivity contribution >= 4 is 40.0 Å². The summed E-state index contributed by atoms with van der Waals surface area (Å²) in [5, 5.41) is 1.63. The zero-order valence-electron chi connectivity index (χ0n) is 14.8. The molecule has 4 nitrogen and oxygen atoms in total. The minimum absolute atomic E-state index is 0.208. The second-order valence-electron chi connectivity index (χ2n) is 6.31. The van der Waals surface area contributed by atoms with Crippen LogP contribution >= 0.6 is 23.4 Å². The highest BCUT2D eigenvalue weighted by Crippen LogP contribution is 2.32. The lowest BCUT2D eigenvalue weighted by Crippen LogP contribution is -2.31. The molecule has 7 heteroatoms. The van der Waals surface area contributed by atoms with Gasteiger partial charge in [0.05, 0.1) is 12.9 Å². The number of anilines is 1. The quantitative estimate of drug-likeness (QED) is 0.603. The second kappa shape index (κ2) is 7.74. The molecule has 3 aromatic rings. The lowest BCUT2D eigenvalue weighted by Gasteiger charge is -2.28. The molecular formula is C20H18ClFN4S. The van der Waals surface area contributed by atoms with E-state index in [4.69, 9.17) is 16.6 Å². The predicted molar refractivity (Wildman–Crippen MR) is 111 cm³/mol. The number of rotatable bonds is 4. The van der Waals surface area contributed by atoms with E-state index in [1.165, 1.54) is 12.1 Å². The zero-order chi connectivity index (χ0) is 18.8. The zero-order valence-corrected chi connectivity index (χ0v) is 16.3. The molecule has 2 aromatic carbocycles. The van der Waals surface area contributed by atoms with Crippen LogP contribution in [0.15, 0.2) is 59.9 Å². The Balaban J connectivity index is 1.55. The fourth-order valence-electron chi connectivity index (χ4n) is 2.94. The SMILES string of the molecule is Cn1cnc2c1N=C(SCCc1ccc(F)cc1)N(c1ccc(Cl)cc1)C2. The summed E-state index contributed by atoms with van der Waals surface area (Å²) in [6, 6.07) is 14.4. The summed E-state index contributed by atoms with van der Waals surface area (Å²) in [5.41, 5.74) is 3.10. The average molecular weight is 401 g/mol. The Kier molecular flexibility index (Phi) is 5.18. The van der Waals surface area contributed by atoms with Gasteiger partial charge in [0.1, 0.15) is 11.5 Å². The molecule has 0 amide bonds. The molecule has 0 fully saturated rings. The van der Waals surface area contributed by atoms with Gasteiger partial charge in [-0.1, -0.05) is 35.5 Å². The van der Waals surface area contributed by atoms with Crippen LogP contribution in [0.5, 0.6) is 0 Å². The second-order valence-corrected chi connectivity index (χ2v) is 7.81. The van der Waals surface area contributed by atoms with E-state index in [-0.39, 0.29) is 5.82 Å². The third-order valence-corrected chi connectivity index (χ3v) is 5.62.